The third kappa shape index (κ3) is 3.95. The molecule has 1 aromatic heterocycles. The van der Waals surface area contributed by atoms with Crippen molar-refractivity contribution in [2.24, 2.45) is 0 Å². The summed E-state index contributed by atoms with van der Waals surface area (Å²) in [5, 5.41) is 3.59. The van der Waals surface area contributed by atoms with E-state index in [0.717, 1.165) is 26.2 Å². The smallest absolute Gasteiger partial charge is 0.274 e. The highest BCUT2D eigenvalue weighted by atomic mass is 35.5. The van der Waals surface area contributed by atoms with E-state index in [0.29, 0.717) is 27.4 Å². The molecule has 2 heterocycles. The highest BCUT2D eigenvalue weighted by Crippen LogP contribution is 2.25. The number of likely N-dealkylation sites (N-methyl/N-ethyl adjacent to an activating group) is 1. The quantitative estimate of drug-likeness (QED) is 0.905. The topological polar surface area (TPSA) is 61.4 Å². The minimum absolute atomic E-state index is 0.310. The second kappa shape index (κ2) is 7.34. The molecule has 0 spiro atoms. The van der Waals surface area contributed by atoms with Crippen LogP contribution < -0.4 is 10.2 Å². The molecule has 1 N–H and O–H groups in total. The number of benzene rings is 1. The molecular weight excluding hydrogens is 349 g/mol. The molecule has 3 rings (SSSR count). The molecule has 1 saturated heterocycles. The predicted molar refractivity (Wildman–Crippen MR) is 96.2 cm³/mol. The summed E-state index contributed by atoms with van der Waals surface area (Å²) in [5.74, 6) is 0.260. The number of carbonyl (C=O) groups is 1. The molecule has 0 radical (unpaired) electrons. The van der Waals surface area contributed by atoms with Crippen LogP contribution in [0.1, 0.15) is 10.5 Å². The Hall–Kier alpha value is -1.89. The Bertz CT molecular complexity index is 747. The van der Waals surface area contributed by atoms with E-state index >= 15 is 0 Å². The van der Waals surface area contributed by atoms with Crippen LogP contribution in [0.3, 0.4) is 0 Å². The number of carbonyl (C=O) groups excluding carboxylic acids is 1. The van der Waals surface area contributed by atoms with Crippen LogP contribution in [-0.2, 0) is 0 Å². The van der Waals surface area contributed by atoms with Gasteiger partial charge >= 0.3 is 0 Å². The summed E-state index contributed by atoms with van der Waals surface area (Å²) in [6, 6.07) is 6.51. The number of hydrogen-bond donors (Lipinski definition) is 1. The van der Waals surface area contributed by atoms with Crippen LogP contribution >= 0.6 is 23.2 Å². The maximum atomic E-state index is 12.4. The molecule has 1 amide bonds. The zero-order valence-corrected chi connectivity index (χ0v) is 14.7. The van der Waals surface area contributed by atoms with Crippen LogP contribution in [0.2, 0.25) is 10.0 Å². The summed E-state index contributed by atoms with van der Waals surface area (Å²) < 4.78 is 0. The van der Waals surface area contributed by atoms with Crippen molar-refractivity contribution in [1.82, 2.24) is 14.9 Å². The highest BCUT2D eigenvalue weighted by Gasteiger charge is 2.18. The lowest BCUT2D eigenvalue weighted by Gasteiger charge is -2.32. The lowest BCUT2D eigenvalue weighted by molar-refractivity contribution is 0.102. The first-order chi connectivity index (χ1) is 11.5. The van der Waals surface area contributed by atoms with E-state index in [1.165, 1.54) is 0 Å². The van der Waals surface area contributed by atoms with Gasteiger partial charge in [0.15, 0.2) is 0 Å². The summed E-state index contributed by atoms with van der Waals surface area (Å²) in [4.78, 5) is 25.4. The predicted octanol–water partition coefficient (Wildman–Crippen LogP) is 2.79. The van der Waals surface area contributed by atoms with E-state index in [1.807, 2.05) is 0 Å². The highest BCUT2D eigenvalue weighted by molar-refractivity contribution is 6.42. The fourth-order valence-corrected chi connectivity index (χ4v) is 2.70. The third-order valence-electron chi connectivity index (χ3n) is 3.84. The molecule has 1 aliphatic heterocycles. The first-order valence-corrected chi connectivity index (χ1v) is 8.31. The van der Waals surface area contributed by atoms with Crippen LogP contribution in [0, 0.1) is 0 Å². The van der Waals surface area contributed by atoms with Crippen molar-refractivity contribution in [2.75, 3.05) is 43.4 Å². The van der Waals surface area contributed by atoms with Gasteiger partial charge in [0.25, 0.3) is 5.91 Å². The summed E-state index contributed by atoms with van der Waals surface area (Å²) in [6.07, 6.45) is 1.60. The monoisotopic (exact) mass is 365 g/mol. The van der Waals surface area contributed by atoms with Gasteiger partial charge in [0.1, 0.15) is 5.69 Å². The number of nitrogens with one attached hydrogen (secondary N) is 1. The normalized spacial score (nSPS) is 15.4. The van der Waals surface area contributed by atoms with Crippen LogP contribution in [-0.4, -0.2) is 54.0 Å². The minimum atomic E-state index is -0.314. The van der Waals surface area contributed by atoms with Gasteiger partial charge in [-0.25, -0.2) is 9.97 Å². The van der Waals surface area contributed by atoms with Gasteiger partial charge in [0.2, 0.25) is 5.95 Å². The summed E-state index contributed by atoms with van der Waals surface area (Å²) in [5.41, 5.74) is 0.874. The Morgan fingerprint density at radius 3 is 2.58 bits per heavy atom. The van der Waals surface area contributed by atoms with Crippen LogP contribution in [0.4, 0.5) is 11.6 Å². The Morgan fingerprint density at radius 2 is 1.88 bits per heavy atom. The van der Waals surface area contributed by atoms with Crippen LogP contribution in [0.15, 0.2) is 30.5 Å². The van der Waals surface area contributed by atoms with Crippen LogP contribution in [0.5, 0.6) is 0 Å². The van der Waals surface area contributed by atoms with Crippen molar-refractivity contribution in [3.63, 3.8) is 0 Å². The van der Waals surface area contributed by atoms with Gasteiger partial charge in [0, 0.05) is 38.1 Å². The fourth-order valence-electron chi connectivity index (χ4n) is 2.40. The van der Waals surface area contributed by atoms with E-state index in [-0.39, 0.29) is 5.91 Å². The maximum Gasteiger partial charge on any atom is 0.274 e. The number of nitrogens with zero attached hydrogens (tertiary/aromatic N) is 4. The molecule has 24 heavy (non-hydrogen) atoms. The standard InChI is InChI=1S/C16H17Cl2N5O/c1-22-6-8-23(9-7-22)16-19-5-4-14(21-16)15(24)20-11-2-3-12(17)13(18)10-11/h2-5,10H,6-9H2,1H3,(H,20,24). The molecule has 0 aliphatic carbocycles. The van der Waals surface area contributed by atoms with E-state index in [1.54, 1.807) is 30.5 Å². The van der Waals surface area contributed by atoms with E-state index in [4.69, 9.17) is 23.2 Å². The molecule has 1 aromatic carbocycles. The number of halogens is 2. The largest absolute Gasteiger partial charge is 0.338 e. The Morgan fingerprint density at radius 1 is 1.12 bits per heavy atom. The zero-order chi connectivity index (χ0) is 17.1. The number of anilines is 2. The van der Waals surface area contributed by atoms with Gasteiger partial charge in [-0.1, -0.05) is 23.2 Å². The number of hydrogen-bond acceptors (Lipinski definition) is 5. The number of aromatic nitrogens is 2. The summed E-state index contributed by atoms with van der Waals surface area (Å²) in [6.45, 7) is 3.58. The average Bonchev–Trinajstić information content (AvgIpc) is 2.59. The molecule has 8 heteroatoms. The van der Waals surface area contributed by atoms with Crippen molar-refractivity contribution in [1.29, 1.82) is 0 Å². The van der Waals surface area contributed by atoms with Crippen molar-refractivity contribution < 1.29 is 4.79 Å². The third-order valence-corrected chi connectivity index (χ3v) is 4.58. The summed E-state index contributed by atoms with van der Waals surface area (Å²) in [7, 11) is 2.08. The van der Waals surface area contributed by atoms with Crippen molar-refractivity contribution >= 4 is 40.7 Å². The first kappa shape index (κ1) is 17.0. The minimum Gasteiger partial charge on any atom is -0.338 e. The fraction of sp³-hybridized carbons (Fsp3) is 0.312. The van der Waals surface area contributed by atoms with Gasteiger partial charge in [-0.3, -0.25) is 4.79 Å². The Labute approximate surface area is 150 Å². The van der Waals surface area contributed by atoms with Crippen molar-refractivity contribution in [3.8, 4) is 0 Å². The molecule has 0 atom stereocenters. The van der Waals surface area contributed by atoms with Gasteiger partial charge in [-0.05, 0) is 31.3 Å². The van der Waals surface area contributed by atoms with Gasteiger partial charge in [0.05, 0.1) is 10.0 Å². The summed E-state index contributed by atoms with van der Waals surface area (Å²) >= 11 is 11.8. The molecule has 1 aliphatic rings. The lowest BCUT2D eigenvalue weighted by atomic mass is 10.3. The number of amides is 1. The van der Waals surface area contributed by atoms with E-state index in [9.17, 15) is 4.79 Å². The zero-order valence-electron chi connectivity index (χ0n) is 13.2. The average molecular weight is 366 g/mol. The molecule has 126 valence electrons. The molecule has 1 fully saturated rings. The molecule has 6 nitrogen and oxygen atoms in total. The lowest BCUT2D eigenvalue weighted by Crippen LogP contribution is -2.45. The molecule has 0 bridgehead atoms. The second-order valence-electron chi connectivity index (χ2n) is 5.62. The van der Waals surface area contributed by atoms with Gasteiger partial charge in [-0.2, -0.15) is 0 Å². The maximum absolute atomic E-state index is 12.4. The first-order valence-electron chi connectivity index (χ1n) is 7.56. The SMILES string of the molecule is CN1CCN(c2nccc(C(=O)Nc3ccc(Cl)c(Cl)c3)n2)CC1. The van der Waals surface area contributed by atoms with E-state index in [2.05, 4.69) is 32.1 Å². The van der Waals surface area contributed by atoms with Gasteiger partial charge in [-0.15, -0.1) is 0 Å². The molecule has 0 saturated carbocycles. The van der Waals surface area contributed by atoms with E-state index < -0.39 is 0 Å². The number of rotatable bonds is 3. The molecular formula is C16H17Cl2N5O. The van der Waals surface area contributed by atoms with Crippen molar-refractivity contribution in [2.45, 2.75) is 0 Å². The van der Waals surface area contributed by atoms with Crippen LogP contribution in [0.25, 0.3) is 0 Å². The Balaban J connectivity index is 1.73. The van der Waals surface area contributed by atoms with Gasteiger partial charge < -0.3 is 15.1 Å². The number of piperazine rings is 1. The van der Waals surface area contributed by atoms with Crippen molar-refractivity contribution in [3.05, 3.63) is 46.2 Å². The second-order valence-corrected chi connectivity index (χ2v) is 6.43. The molecule has 2 aromatic rings. The Kier molecular flexibility index (Phi) is 5.18. The molecule has 0 unspecified atom stereocenters.